The third-order valence-electron chi connectivity index (χ3n) is 4.86. The minimum atomic E-state index is -0.0747. The Hall–Kier alpha value is -2.89. The van der Waals surface area contributed by atoms with Crippen LogP contribution in [0.3, 0.4) is 0 Å². The number of amides is 1. The average molecular weight is 350 g/mol. The van der Waals surface area contributed by atoms with Gasteiger partial charge in [-0.25, -0.2) is 9.98 Å². The molecule has 6 nitrogen and oxygen atoms in total. The molecule has 6 heteroatoms. The SMILES string of the molecule is COc1ccc(CN2CC(N3CCCC3)=Nc3cccnc3C2=O)cc1. The summed E-state index contributed by atoms with van der Waals surface area (Å²) in [6.45, 7) is 3.02. The smallest absolute Gasteiger partial charge is 0.275 e. The number of pyridine rings is 1. The highest BCUT2D eigenvalue weighted by atomic mass is 16.5. The predicted molar refractivity (Wildman–Crippen MR) is 99.9 cm³/mol. The van der Waals surface area contributed by atoms with E-state index in [1.807, 2.05) is 41.3 Å². The molecule has 134 valence electrons. The van der Waals surface area contributed by atoms with Gasteiger partial charge in [-0.2, -0.15) is 0 Å². The summed E-state index contributed by atoms with van der Waals surface area (Å²) in [5, 5.41) is 0. The second-order valence-corrected chi connectivity index (χ2v) is 6.60. The Kier molecular flexibility index (Phi) is 4.56. The van der Waals surface area contributed by atoms with E-state index in [1.165, 1.54) is 12.8 Å². The standard InChI is InChI=1S/C20H22N4O2/c1-26-16-8-6-15(7-9-16)13-24-14-18(23-11-2-3-12-23)22-17-5-4-10-21-19(17)20(24)25/h4-10H,2-3,11-14H2,1H3. The third-order valence-corrected chi connectivity index (χ3v) is 4.86. The number of amidine groups is 1. The molecule has 0 N–H and O–H groups in total. The number of hydrogen-bond donors (Lipinski definition) is 0. The average Bonchev–Trinajstić information content (AvgIpc) is 3.18. The van der Waals surface area contributed by atoms with Crippen LogP contribution in [-0.4, -0.2) is 53.3 Å². The van der Waals surface area contributed by atoms with Crippen molar-refractivity contribution in [3.05, 3.63) is 53.9 Å². The first-order valence-electron chi connectivity index (χ1n) is 8.94. The summed E-state index contributed by atoms with van der Waals surface area (Å²) < 4.78 is 5.22. The van der Waals surface area contributed by atoms with Crippen LogP contribution in [0.1, 0.15) is 28.9 Å². The van der Waals surface area contributed by atoms with E-state index in [-0.39, 0.29) is 5.91 Å². The molecule has 2 aromatic rings. The monoisotopic (exact) mass is 350 g/mol. The lowest BCUT2D eigenvalue weighted by Gasteiger charge is -2.26. The molecule has 3 heterocycles. The van der Waals surface area contributed by atoms with Crippen LogP contribution >= 0.6 is 0 Å². The highest BCUT2D eigenvalue weighted by molar-refractivity contribution is 6.03. The number of hydrogen-bond acceptors (Lipinski definition) is 5. The number of ether oxygens (including phenoxy) is 1. The van der Waals surface area contributed by atoms with Crippen molar-refractivity contribution >= 4 is 17.4 Å². The third kappa shape index (κ3) is 3.27. The maximum atomic E-state index is 13.1. The topological polar surface area (TPSA) is 58.0 Å². The summed E-state index contributed by atoms with van der Waals surface area (Å²) in [6.07, 6.45) is 4.00. The lowest BCUT2D eigenvalue weighted by molar-refractivity contribution is 0.0762. The summed E-state index contributed by atoms with van der Waals surface area (Å²) in [4.78, 5) is 26.3. The minimum Gasteiger partial charge on any atom is -0.497 e. The second kappa shape index (κ2) is 7.15. The summed E-state index contributed by atoms with van der Waals surface area (Å²) in [5.41, 5.74) is 2.14. The summed E-state index contributed by atoms with van der Waals surface area (Å²) >= 11 is 0. The Bertz CT molecular complexity index is 826. The number of likely N-dealkylation sites (tertiary alicyclic amines) is 1. The van der Waals surface area contributed by atoms with Crippen molar-refractivity contribution in [1.82, 2.24) is 14.8 Å². The van der Waals surface area contributed by atoms with Crippen molar-refractivity contribution in [2.45, 2.75) is 19.4 Å². The van der Waals surface area contributed by atoms with E-state index in [4.69, 9.17) is 9.73 Å². The number of aromatic nitrogens is 1. The van der Waals surface area contributed by atoms with Crippen LogP contribution in [0.25, 0.3) is 0 Å². The summed E-state index contributed by atoms with van der Waals surface area (Å²) in [5.74, 6) is 1.69. The zero-order valence-corrected chi connectivity index (χ0v) is 14.9. The zero-order chi connectivity index (χ0) is 17.9. The van der Waals surface area contributed by atoms with E-state index in [9.17, 15) is 4.79 Å². The lowest BCUT2D eigenvalue weighted by atomic mass is 10.2. The highest BCUT2D eigenvalue weighted by Gasteiger charge is 2.28. The molecular formula is C20H22N4O2. The molecule has 0 saturated carbocycles. The van der Waals surface area contributed by atoms with Gasteiger partial charge in [-0.3, -0.25) is 4.79 Å². The van der Waals surface area contributed by atoms with Gasteiger partial charge in [0.15, 0.2) is 5.69 Å². The summed E-state index contributed by atoms with van der Waals surface area (Å²) in [7, 11) is 1.65. The fraction of sp³-hybridized carbons (Fsp3) is 0.350. The van der Waals surface area contributed by atoms with Gasteiger partial charge in [0.1, 0.15) is 11.6 Å². The van der Waals surface area contributed by atoms with Crippen LogP contribution in [-0.2, 0) is 6.54 Å². The van der Waals surface area contributed by atoms with Crippen molar-refractivity contribution in [1.29, 1.82) is 0 Å². The molecule has 1 amide bonds. The van der Waals surface area contributed by atoms with Crippen LogP contribution in [0.4, 0.5) is 5.69 Å². The Morgan fingerprint density at radius 3 is 2.62 bits per heavy atom. The van der Waals surface area contributed by atoms with Gasteiger partial charge in [-0.1, -0.05) is 12.1 Å². The highest BCUT2D eigenvalue weighted by Crippen LogP contribution is 2.25. The predicted octanol–water partition coefficient (Wildman–Crippen LogP) is 2.87. The van der Waals surface area contributed by atoms with E-state index in [0.717, 1.165) is 30.2 Å². The number of aliphatic imine (C=N–C) groups is 1. The number of benzene rings is 1. The number of carbonyl (C=O) groups is 1. The fourth-order valence-corrected chi connectivity index (χ4v) is 3.44. The van der Waals surface area contributed by atoms with E-state index in [1.54, 1.807) is 13.3 Å². The molecule has 1 saturated heterocycles. The van der Waals surface area contributed by atoms with Crippen molar-refractivity contribution in [2.75, 3.05) is 26.7 Å². The van der Waals surface area contributed by atoms with E-state index in [0.29, 0.717) is 24.5 Å². The van der Waals surface area contributed by atoms with Crippen LogP contribution in [0.15, 0.2) is 47.6 Å². The van der Waals surface area contributed by atoms with Crippen molar-refractivity contribution in [2.24, 2.45) is 4.99 Å². The molecule has 1 aromatic heterocycles. The Labute approximate surface area is 153 Å². The van der Waals surface area contributed by atoms with Crippen LogP contribution in [0.2, 0.25) is 0 Å². The molecule has 2 aliphatic heterocycles. The number of carbonyl (C=O) groups excluding carboxylic acids is 1. The Balaban J connectivity index is 1.65. The molecule has 4 rings (SSSR count). The number of fused-ring (bicyclic) bond motifs is 1. The molecule has 26 heavy (non-hydrogen) atoms. The van der Waals surface area contributed by atoms with Crippen molar-refractivity contribution in [3.63, 3.8) is 0 Å². The quantitative estimate of drug-likeness (QED) is 0.854. The molecule has 2 aliphatic rings. The molecule has 0 bridgehead atoms. The molecule has 0 radical (unpaired) electrons. The van der Waals surface area contributed by atoms with E-state index < -0.39 is 0 Å². The van der Waals surface area contributed by atoms with Gasteiger partial charge < -0.3 is 14.5 Å². The fourth-order valence-electron chi connectivity index (χ4n) is 3.44. The van der Waals surface area contributed by atoms with Gasteiger partial charge in [-0.15, -0.1) is 0 Å². The first kappa shape index (κ1) is 16.6. The largest absolute Gasteiger partial charge is 0.497 e. The Morgan fingerprint density at radius 1 is 1.12 bits per heavy atom. The number of methoxy groups -OCH3 is 1. The normalized spacial score (nSPS) is 17.0. The molecular weight excluding hydrogens is 328 g/mol. The van der Waals surface area contributed by atoms with Gasteiger partial charge in [0.2, 0.25) is 0 Å². The van der Waals surface area contributed by atoms with Crippen LogP contribution in [0.5, 0.6) is 5.75 Å². The summed E-state index contributed by atoms with van der Waals surface area (Å²) in [6, 6.07) is 11.5. The first-order valence-corrected chi connectivity index (χ1v) is 8.94. The van der Waals surface area contributed by atoms with Gasteiger partial charge in [-0.05, 0) is 42.7 Å². The van der Waals surface area contributed by atoms with Gasteiger partial charge in [0, 0.05) is 25.8 Å². The molecule has 0 aliphatic carbocycles. The van der Waals surface area contributed by atoms with Gasteiger partial charge in [0.05, 0.1) is 19.3 Å². The molecule has 1 fully saturated rings. The lowest BCUT2D eigenvalue weighted by Crippen LogP contribution is -2.40. The van der Waals surface area contributed by atoms with Crippen molar-refractivity contribution < 1.29 is 9.53 Å². The first-order chi connectivity index (χ1) is 12.7. The molecule has 1 aromatic carbocycles. The number of nitrogens with zero attached hydrogens (tertiary/aromatic N) is 4. The van der Waals surface area contributed by atoms with E-state index in [2.05, 4.69) is 9.88 Å². The van der Waals surface area contributed by atoms with Crippen LogP contribution in [0, 0.1) is 0 Å². The van der Waals surface area contributed by atoms with E-state index >= 15 is 0 Å². The maximum absolute atomic E-state index is 13.1. The minimum absolute atomic E-state index is 0.0747. The molecule has 0 spiro atoms. The maximum Gasteiger partial charge on any atom is 0.275 e. The van der Waals surface area contributed by atoms with Gasteiger partial charge in [0.25, 0.3) is 5.91 Å². The molecule has 0 atom stereocenters. The zero-order valence-electron chi connectivity index (χ0n) is 14.9. The second-order valence-electron chi connectivity index (χ2n) is 6.60. The van der Waals surface area contributed by atoms with Crippen LogP contribution < -0.4 is 4.74 Å². The Morgan fingerprint density at radius 2 is 1.88 bits per heavy atom. The van der Waals surface area contributed by atoms with Gasteiger partial charge >= 0.3 is 0 Å². The number of rotatable bonds is 3. The molecule has 0 unspecified atom stereocenters. The van der Waals surface area contributed by atoms with Crippen molar-refractivity contribution in [3.8, 4) is 5.75 Å².